The summed E-state index contributed by atoms with van der Waals surface area (Å²) >= 11 is 0. The van der Waals surface area contributed by atoms with Crippen molar-refractivity contribution in [2.45, 2.75) is 33.4 Å². The molecule has 2 aromatic rings. The van der Waals surface area contributed by atoms with Gasteiger partial charge in [-0.25, -0.2) is 9.97 Å². The molecule has 1 atom stereocenters. The van der Waals surface area contributed by atoms with E-state index in [1.165, 1.54) is 0 Å². The Morgan fingerprint density at radius 3 is 2.92 bits per heavy atom. The lowest BCUT2D eigenvalue weighted by molar-refractivity contribution is -0.136. The first-order chi connectivity index (χ1) is 11.5. The molecule has 8 heteroatoms. The summed E-state index contributed by atoms with van der Waals surface area (Å²) in [6, 6.07) is 3.72. The molecule has 1 saturated heterocycles. The van der Waals surface area contributed by atoms with Crippen molar-refractivity contribution in [3.8, 4) is 0 Å². The van der Waals surface area contributed by atoms with E-state index in [0.29, 0.717) is 37.9 Å². The fraction of sp³-hybridized carbons (Fsp3) is 0.500. The Balaban J connectivity index is 1.72. The third-order valence-electron chi connectivity index (χ3n) is 3.82. The summed E-state index contributed by atoms with van der Waals surface area (Å²) in [7, 11) is 0. The number of anilines is 1. The molecule has 1 aliphatic rings. The van der Waals surface area contributed by atoms with Crippen LogP contribution in [0.4, 0.5) is 5.82 Å². The van der Waals surface area contributed by atoms with E-state index >= 15 is 0 Å². The van der Waals surface area contributed by atoms with Crippen LogP contribution in [0.5, 0.6) is 0 Å². The standard InChI is InChI=1S/C16H21N5O3/c1-10-6-13(24-20-10)8-17-16-7-14(18-11(2)19-16)15-9-21(12(3)22)4-5-23-15/h6-7,15H,4-5,8-9H2,1-3H3,(H,17,18,19)/t15-/m1/s1. The van der Waals surface area contributed by atoms with Crippen LogP contribution < -0.4 is 5.32 Å². The summed E-state index contributed by atoms with van der Waals surface area (Å²) < 4.78 is 11.0. The number of nitrogens with one attached hydrogen (secondary N) is 1. The van der Waals surface area contributed by atoms with Gasteiger partial charge in [0.25, 0.3) is 0 Å². The third kappa shape index (κ3) is 3.88. The van der Waals surface area contributed by atoms with Crippen molar-refractivity contribution >= 4 is 11.7 Å². The van der Waals surface area contributed by atoms with Crippen molar-refractivity contribution in [2.24, 2.45) is 0 Å². The summed E-state index contributed by atoms with van der Waals surface area (Å²) in [6.45, 7) is 7.40. The molecule has 0 spiro atoms. The Morgan fingerprint density at radius 1 is 1.38 bits per heavy atom. The van der Waals surface area contributed by atoms with Crippen LogP contribution >= 0.6 is 0 Å². The lowest BCUT2D eigenvalue weighted by Gasteiger charge is -2.32. The summed E-state index contributed by atoms with van der Waals surface area (Å²) in [4.78, 5) is 22.2. The summed E-state index contributed by atoms with van der Waals surface area (Å²) in [5, 5.41) is 7.06. The van der Waals surface area contributed by atoms with E-state index in [-0.39, 0.29) is 12.0 Å². The molecule has 1 aliphatic heterocycles. The maximum absolute atomic E-state index is 11.6. The zero-order chi connectivity index (χ0) is 17.1. The van der Waals surface area contributed by atoms with Gasteiger partial charge in [0.05, 0.1) is 31.1 Å². The van der Waals surface area contributed by atoms with Gasteiger partial charge in [-0.3, -0.25) is 4.79 Å². The molecule has 1 amide bonds. The molecule has 1 fully saturated rings. The highest BCUT2D eigenvalue weighted by Crippen LogP contribution is 2.23. The average molecular weight is 331 g/mol. The van der Waals surface area contributed by atoms with Crippen LogP contribution in [0.25, 0.3) is 0 Å². The molecule has 0 aromatic carbocycles. The fourth-order valence-electron chi connectivity index (χ4n) is 2.64. The largest absolute Gasteiger partial charge is 0.368 e. The van der Waals surface area contributed by atoms with Gasteiger partial charge < -0.3 is 19.5 Å². The van der Waals surface area contributed by atoms with Crippen molar-refractivity contribution in [3.05, 3.63) is 35.1 Å². The van der Waals surface area contributed by atoms with Crippen LogP contribution in [-0.2, 0) is 16.1 Å². The van der Waals surface area contributed by atoms with Crippen molar-refractivity contribution in [2.75, 3.05) is 25.0 Å². The fourth-order valence-corrected chi connectivity index (χ4v) is 2.64. The second-order valence-electron chi connectivity index (χ2n) is 5.84. The first-order valence-corrected chi connectivity index (χ1v) is 7.90. The van der Waals surface area contributed by atoms with Gasteiger partial charge in [-0.15, -0.1) is 0 Å². The van der Waals surface area contributed by atoms with Gasteiger partial charge in [-0.2, -0.15) is 0 Å². The number of carbonyl (C=O) groups excluding carboxylic acids is 1. The molecule has 3 rings (SSSR count). The molecule has 0 aliphatic carbocycles. The van der Waals surface area contributed by atoms with Crippen molar-refractivity contribution < 1.29 is 14.1 Å². The molecular formula is C16H21N5O3. The molecule has 1 N–H and O–H groups in total. The molecule has 24 heavy (non-hydrogen) atoms. The normalized spacial score (nSPS) is 17.8. The number of hydrogen-bond donors (Lipinski definition) is 1. The molecule has 128 valence electrons. The molecule has 0 bridgehead atoms. The molecule has 0 radical (unpaired) electrons. The van der Waals surface area contributed by atoms with E-state index in [1.807, 2.05) is 26.0 Å². The number of hydrogen-bond acceptors (Lipinski definition) is 7. The van der Waals surface area contributed by atoms with Gasteiger partial charge in [0.1, 0.15) is 17.7 Å². The Hall–Kier alpha value is -2.48. The molecule has 0 saturated carbocycles. The summed E-state index contributed by atoms with van der Waals surface area (Å²) in [5.74, 6) is 2.12. The number of nitrogens with zero attached hydrogens (tertiary/aromatic N) is 4. The van der Waals surface area contributed by atoms with Crippen molar-refractivity contribution in [3.63, 3.8) is 0 Å². The zero-order valence-electron chi connectivity index (χ0n) is 14.1. The van der Waals surface area contributed by atoms with Crippen LogP contribution in [-0.4, -0.2) is 45.6 Å². The number of morpholine rings is 1. The van der Waals surface area contributed by atoms with Gasteiger partial charge in [-0.1, -0.05) is 5.16 Å². The number of ether oxygens (including phenoxy) is 1. The number of carbonyl (C=O) groups is 1. The maximum atomic E-state index is 11.6. The minimum Gasteiger partial charge on any atom is -0.368 e. The molecule has 0 unspecified atom stereocenters. The Labute approximate surface area is 140 Å². The first-order valence-electron chi connectivity index (χ1n) is 7.90. The molecule has 8 nitrogen and oxygen atoms in total. The Morgan fingerprint density at radius 2 is 2.21 bits per heavy atom. The number of rotatable bonds is 4. The van der Waals surface area contributed by atoms with E-state index < -0.39 is 0 Å². The highest BCUT2D eigenvalue weighted by Gasteiger charge is 2.25. The lowest BCUT2D eigenvalue weighted by atomic mass is 10.2. The van der Waals surface area contributed by atoms with E-state index in [0.717, 1.165) is 17.1 Å². The molecule has 3 heterocycles. The van der Waals surface area contributed by atoms with Crippen molar-refractivity contribution in [1.29, 1.82) is 0 Å². The Kier molecular flexibility index (Phi) is 4.75. The highest BCUT2D eigenvalue weighted by atomic mass is 16.5. The van der Waals surface area contributed by atoms with Gasteiger partial charge in [0.2, 0.25) is 5.91 Å². The van der Waals surface area contributed by atoms with Crippen molar-refractivity contribution in [1.82, 2.24) is 20.0 Å². The van der Waals surface area contributed by atoms with Crippen LogP contribution in [0.3, 0.4) is 0 Å². The van der Waals surface area contributed by atoms with E-state index in [9.17, 15) is 4.79 Å². The zero-order valence-corrected chi connectivity index (χ0v) is 14.1. The van der Waals surface area contributed by atoms with Crippen LogP contribution in [0, 0.1) is 13.8 Å². The molecular weight excluding hydrogens is 310 g/mol. The van der Waals surface area contributed by atoms with Gasteiger partial charge in [0, 0.05) is 25.6 Å². The topological polar surface area (TPSA) is 93.4 Å². The second-order valence-corrected chi connectivity index (χ2v) is 5.84. The van der Waals surface area contributed by atoms with Gasteiger partial charge >= 0.3 is 0 Å². The average Bonchev–Trinajstić information content (AvgIpc) is 2.98. The first kappa shape index (κ1) is 16.4. The quantitative estimate of drug-likeness (QED) is 0.909. The lowest BCUT2D eigenvalue weighted by Crippen LogP contribution is -2.41. The van der Waals surface area contributed by atoms with Crippen LogP contribution in [0.2, 0.25) is 0 Å². The third-order valence-corrected chi connectivity index (χ3v) is 3.82. The number of aryl methyl sites for hydroxylation is 2. The minimum atomic E-state index is -0.238. The predicted octanol–water partition coefficient (Wildman–Crippen LogP) is 1.61. The van der Waals surface area contributed by atoms with Gasteiger partial charge in [0.15, 0.2) is 5.76 Å². The number of aromatic nitrogens is 3. The smallest absolute Gasteiger partial charge is 0.219 e. The second kappa shape index (κ2) is 6.96. The molecule has 2 aromatic heterocycles. The van der Waals surface area contributed by atoms with Crippen LogP contribution in [0.1, 0.15) is 36.0 Å². The summed E-state index contributed by atoms with van der Waals surface area (Å²) in [6.07, 6.45) is -0.238. The van der Waals surface area contributed by atoms with Crippen LogP contribution in [0.15, 0.2) is 16.7 Å². The Bertz CT molecular complexity index is 730. The predicted molar refractivity (Wildman–Crippen MR) is 86.3 cm³/mol. The minimum absolute atomic E-state index is 0.0492. The maximum Gasteiger partial charge on any atom is 0.219 e. The van der Waals surface area contributed by atoms with Gasteiger partial charge in [-0.05, 0) is 13.8 Å². The highest BCUT2D eigenvalue weighted by molar-refractivity contribution is 5.73. The van der Waals surface area contributed by atoms with E-state index in [4.69, 9.17) is 9.26 Å². The SMILES string of the molecule is CC(=O)N1CCO[C@@H](c2cc(NCc3cc(C)no3)nc(C)n2)C1. The van der Waals surface area contributed by atoms with E-state index in [2.05, 4.69) is 20.4 Å². The summed E-state index contributed by atoms with van der Waals surface area (Å²) in [5.41, 5.74) is 1.61. The number of amides is 1. The monoisotopic (exact) mass is 331 g/mol. The van der Waals surface area contributed by atoms with E-state index in [1.54, 1.807) is 11.8 Å².